The van der Waals surface area contributed by atoms with Gasteiger partial charge in [-0.25, -0.2) is 0 Å². The number of alkyl halides is 3. The Balaban J connectivity index is 0.00000162. The molecule has 2 rings (SSSR count). The van der Waals surface area contributed by atoms with Gasteiger partial charge in [0.1, 0.15) is 0 Å². The van der Waals surface area contributed by atoms with Crippen LogP contribution in [0.15, 0.2) is 30.3 Å². The molecule has 0 aliphatic heterocycles. The highest BCUT2D eigenvalue weighted by atomic mass is 35.5. The van der Waals surface area contributed by atoms with Crippen molar-refractivity contribution in [2.75, 3.05) is 0 Å². The molecule has 5 heteroatoms. The quantitative estimate of drug-likeness (QED) is 0.540. The molecule has 1 unspecified atom stereocenters. The van der Waals surface area contributed by atoms with E-state index in [0.29, 0.717) is 15.0 Å². The molecule has 0 aliphatic rings. The minimum atomic E-state index is -4.19. The molecular formula is C13H15ClF3S+. The Kier molecular flexibility index (Phi) is 4.03. The van der Waals surface area contributed by atoms with Gasteiger partial charge in [0.25, 0.3) is 0 Å². The summed E-state index contributed by atoms with van der Waals surface area (Å²) in [6.07, 6.45) is 0. The van der Waals surface area contributed by atoms with Crippen LogP contribution in [-0.4, -0.2) is 0 Å². The number of thiophene rings is 1. The first-order chi connectivity index (χ1) is 7.71. The van der Waals surface area contributed by atoms with E-state index in [0.717, 1.165) is 0 Å². The van der Waals surface area contributed by atoms with Gasteiger partial charge in [0, 0.05) is 16.9 Å². The zero-order chi connectivity index (χ0) is 12.8. The third-order valence-corrected chi connectivity index (χ3v) is 5.06. The van der Waals surface area contributed by atoms with E-state index in [1.54, 1.807) is 30.3 Å². The second kappa shape index (κ2) is 4.74. The van der Waals surface area contributed by atoms with Gasteiger partial charge in [-0.1, -0.05) is 32.9 Å². The Bertz CT molecular complexity index is 549. The number of hydrogen-bond donors (Lipinski definition) is 0. The molecule has 0 spiro atoms. The Hall–Kier alpha value is -0.740. The fraction of sp³-hybridized carbons (Fsp3) is 0.385. The average Bonchev–Trinajstić information content (AvgIpc) is 2.54. The maximum absolute atomic E-state index is 13.2. The molecule has 2 aromatic rings. The van der Waals surface area contributed by atoms with Crippen molar-refractivity contribution in [3.63, 3.8) is 0 Å². The van der Waals surface area contributed by atoms with Gasteiger partial charge in [-0.05, 0) is 12.1 Å². The first-order valence-electron chi connectivity index (χ1n) is 5.33. The van der Waals surface area contributed by atoms with Crippen molar-refractivity contribution in [1.82, 2.24) is 0 Å². The topological polar surface area (TPSA) is 0 Å². The van der Waals surface area contributed by atoms with Crippen LogP contribution in [0.2, 0.25) is 0 Å². The summed E-state index contributed by atoms with van der Waals surface area (Å²) in [6.45, 7) is 5.49. The zero-order valence-corrected chi connectivity index (χ0v) is 12.0. The lowest BCUT2D eigenvalue weighted by Gasteiger charge is -2.13. The van der Waals surface area contributed by atoms with Crippen LogP contribution in [0, 0.1) is 0 Å². The molecule has 0 saturated carbocycles. The summed E-state index contributed by atoms with van der Waals surface area (Å²) < 4.78 is 40.0. The lowest BCUT2D eigenvalue weighted by atomic mass is 9.94. The molecule has 1 aromatic carbocycles. The lowest BCUT2D eigenvalue weighted by Crippen LogP contribution is -2.12. The summed E-state index contributed by atoms with van der Waals surface area (Å²) in [4.78, 5) is 0.478. The van der Waals surface area contributed by atoms with Crippen LogP contribution in [-0.2, 0) is 10.9 Å². The third kappa shape index (κ3) is 2.64. The van der Waals surface area contributed by atoms with E-state index < -0.39 is 21.4 Å². The van der Waals surface area contributed by atoms with Gasteiger partial charge in [-0.3, -0.25) is 0 Å². The number of hydrogen-bond acceptors (Lipinski definition) is 0. The van der Waals surface area contributed by atoms with E-state index in [9.17, 15) is 13.2 Å². The summed E-state index contributed by atoms with van der Waals surface area (Å²) >= 11 is 0. The van der Waals surface area contributed by atoms with Crippen molar-refractivity contribution in [3.8, 4) is 0 Å². The fourth-order valence-corrected chi connectivity index (χ4v) is 4.05. The predicted octanol–water partition coefficient (Wildman–Crippen LogP) is 5.78. The van der Waals surface area contributed by atoms with E-state index in [4.69, 9.17) is 0 Å². The Morgan fingerprint density at radius 1 is 1.00 bits per heavy atom. The molecule has 18 heavy (non-hydrogen) atoms. The van der Waals surface area contributed by atoms with Crippen molar-refractivity contribution < 1.29 is 13.2 Å². The van der Waals surface area contributed by atoms with Crippen LogP contribution in [0.4, 0.5) is 13.2 Å². The molecule has 0 fully saturated rings. The van der Waals surface area contributed by atoms with Gasteiger partial charge < -0.3 is 0 Å². The van der Waals surface area contributed by atoms with Crippen LogP contribution in [0.5, 0.6) is 0 Å². The van der Waals surface area contributed by atoms with Gasteiger partial charge in [-0.15, -0.1) is 25.6 Å². The Labute approximate surface area is 113 Å². The highest BCUT2D eigenvalue weighted by Gasteiger charge is 2.50. The zero-order valence-electron chi connectivity index (χ0n) is 10.3. The maximum atomic E-state index is 13.2. The molecular weight excluding hydrogens is 281 g/mol. The van der Waals surface area contributed by atoms with E-state index in [1.165, 1.54) is 0 Å². The number of fused-ring (bicyclic) bond motifs is 1. The number of halogens is 4. The minimum absolute atomic E-state index is 0. The normalized spacial score (nSPS) is 13.6. The SMILES string of the molecule is CC(C)(C)c1cc2ccccc2[s+]1C(F)(F)F.Cl. The number of benzene rings is 1. The molecule has 0 nitrogen and oxygen atoms in total. The van der Waals surface area contributed by atoms with Crippen LogP contribution >= 0.6 is 22.9 Å². The average molecular weight is 296 g/mol. The lowest BCUT2D eigenvalue weighted by molar-refractivity contribution is -0.0869. The van der Waals surface area contributed by atoms with Crippen LogP contribution in [0.25, 0.3) is 10.1 Å². The molecule has 1 atom stereocenters. The molecule has 1 aromatic heterocycles. The van der Waals surface area contributed by atoms with Gasteiger partial charge in [0.15, 0.2) is 9.58 Å². The molecule has 100 valence electrons. The van der Waals surface area contributed by atoms with E-state index in [2.05, 4.69) is 0 Å². The van der Waals surface area contributed by atoms with Crippen molar-refractivity contribution in [2.24, 2.45) is 0 Å². The molecule has 0 amide bonds. The molecule has 0 N–H and O–H groups in total. The number of rotatable bonds is 0. The first kappa shape index (κ1) is 15.3. The van der Waals surface area contributed by atoms with Gasteiger partial charge in [0.2, 0.25) is 0 Å². The Morgan fingerprint density at radius 2 is 1.56 bits per heavy atom. The predicted molar refractivity (Wildman–Crippen MR) is 73.7 cm³/mol. The molecule has 0 aliphatic carbocycles. The summed E-state index contributed by atoms with van der Waals surface area (Å²) in [5, 5.41) is 0.707. The second-order valence-corrected chi connectivity index (χ2v) is 7.00. The smallest absolute Gasteiger partial charge is 0.147 e. The molecule has 0 saturated heterocycles. The third-order valence-electron chi connectivity index (χ3n) is 2.62. The fourth-order valence-electron chi connectivity index (χ4n) is 1.88. The minimum Gasteiger partial charge on any atom is -0.147 e. The molecule has 0 radical (unpaired) electrons. The first-order valence-corrected chi connectivity index (χ1v) is 6.56. The molecule has 1 heterocycles. The van der Waals surface area contributed by atoms with E-state index in [1.807, 2.05) is 20.8 Å². The van der Waals surface area contributed by atoms with Crippen LogP contribution < -0.4 is 0 Å². The standard InChI is InChI=1S/C13H14F3S.ClH/c1-12(2,3)11-8-9-6-4-5-7-10(9)17(11)13(14,15)16;/h4-8H,1-3H3;1H/q+1;. The Morgan fingerprint density at radius 3 is 2.06 bits per heavy atom. The van der Waals surface area contributed by atoms with E-state index >= 15 is 0 Å². The summed E-state index contributed by atoms with van der Waals surface area (Å²) in [5.74, 6) is 0. The second-order valence-electron chi connectivity index (χ2n) is 5.05. The van der Waals surface area contributed by atoms with Gasteiger partial charge in [-0.2, -0.15) is 0 Å². The summed E-state index contributed by atoms with van der Waals surface area (Å²) in [7, 11) is -1.77. The van der Waals surface area contributed by atoms with Crippen molar-refractivity contribution in [3.05, 3.63) is 35.2 Å². The van der Waals surface area contributed by atoms with Crippen LogP contribution in [0.3, 0.4) is 0 Å². The molecule has 0 bridgehead atoms. The van der Waals surface area contributed by atoms with Crippen molar-refractivity contribution >= 4 is 33.0 Å². The van der Waals surface area contributed by atoms with Crippen molar-refractivity contribution in [2.45, 2.75) is 31.7 Å². The van der Waals surface area contributed by atoms with E-state index in [-0.39, 0.29) is 12.4 Å². The monoisotopic (exact) mass is 295 g/mol. The summed E-state index contributed by atoms with van der Waals surface area (Å²) in [6, 6.07) is 8.48. The highest BCUT2D eigenvalue weighted by Crippen LogP contribution is 2.53. The van der Waals surface area contributed by atoms with Crippen molar-refractivity contribution in [1.29, 1.82) is 0 Å². The maximum Gasteiger partial charge on any atom is 0.600 e. The largest absolute Gasteiger partial charge is 0.600 e. The summed E-state index contributed by atoms with van der Waals surface area (Å²) in [5.41, 5.74) is -4.65. The highest BCUT2D eigenvalue weighted by molar-refractivity contribution is 7.38. The van der Waals surface area contributed by atoms with Gasteiger partial charge in [0.05, 0.1) is 10.5 Å². The van der Waals surface area contributed by atoms with Gasteiger partial charge >= 0.3 is 5.51 Å². The van der Waals surface area contributed by atoms with Crippen LogP contribution in [0.1, 0.15) is 25.6 Å².